The summed E-state index contributed by atoms with van der Waals surface area (Å²) in [6.45, 7) is 0. The first kappa shape index (κ1) is 101. The fourth-order valence-electron chi connectivity index (χ4n) is 15.4. The van der Waals surface area contributed by atoms with Crippen LogP contribution in [0.1, 0.15) is 0 Å². The first-order chi connectivity index (χ1) is 68.0. The fourth-order valence-corrected chi connectivity index (χ4v) is 15.4. The van der Waals surface area contributed by atoms with E-state index < -0.39 is 344 Å². The van der Waals surface area contributed by atoms with E-state index >= 15 is 132 Å². The summed E-state index contributed by atoms with van der Waals surface area (Å²) < 4.78 is 660. The number of halogens is 42. The number of benzene rings is 16. The Bertz CT molecular complexity index is 7250. The van der Waals surface area contributed by atoms with Gasteiger partial charge in [-0.15, -0.1) is 0 Å². The molecule has 0 saturated heterocycles. The summed E-state index contributed by atoms with van der Waals surface area (Å²) in [5.74, 6) is -156. The average Bonchev–Trinajstić information content (AvgIpc) is 0.696. The van der Waals surface area contributed by atoms with Gasteiger partial charge in [-0.1, -0.05) is 146 Å². The molecule has 1 heterocycles. The number of hydrogen-bond donors (Lipinski definition) is 0. The van der Waals surface area contributed by atoms with Crippen LogP contribution in [0.15, 0.2) is 164 Å². The molecule has 0 aliphatic heterocycles. The molecule has 17 aromatic rings. The van der Waals surface area contributed by atoms with Crippen LogP contribution in [0.25, 0.3) is 168 Å². The maximum atomic E-state index is 17.8. The minimum Gasteiger partial charge on any atom is -0.208 e. The van der Waals surface area contributed by atoms with Crippen molar-refractivity contribution in [2.45, 2.75) is 0 Å². The number of rotatable bonds is 15. The lowest BCUT2D eigenvalue weighted by atomic mass is 9.84. The summed E-state index contributed by atoms with van der Waals surface area (Å²) in [4.78, 5) is 15.1. The maximum Gasteiger partial charge on any atom is 0.200 e. The van der Waals surface area contributed by atoms with Gasteiger partial charge in [-0.05, 0) is 51.6 Å². The number of aromatic nitrogens is 3. The molecule has 0 bridgehead atoms. The molecule has 144 heavy (non-hydrogen) atoms. The highest BCUT2D eigenvalue weighted by Gasteiger charge is 2.47. The molecule has 0 aliphatic rings. The van der Waals surface area contributed by atoms with Crippen molar-refractivity contribution in [2.24, 2.45) is 0 Å². The monoisotopic (exact) mass is 2060 g/mol. The Morgan fingerprint density at radius 3 is 0.319 bits per heavy atom. The summed E-state index contributed by atoms with van der Waals surface area (Å²) in [5.41, 5.74) is -56.0. The van der Waals surface area contributed by atoms with Crippen molar-refractivity contribution in [3.63, 3.8) is 0 Å². The van der Waals surface area contributed by atoms with Gasteiger partial charge in [0.1, 0.15) is 34.9 Å². The van der Waals surface area contributed by atoms with E-state index in [1.807, 2.05) is 18.2 Å². The Morgan fingerprint density at radius 2 is 0.188 bits per heavy atom. The van der Waals surface area contributed by atoms with Crippen molar-refractivity contribution >= 4 is 0 Å². The number of nitrogens with zero attached hydrogens (tertiary/aromatic N) is 3. The molecular formula is C99H27F42N3. The second-order valence-corrected chi connectivity index (χ2v) is 30.1. The van der Waals surface area contributed by atoms with Crippen molar-refractivity contribution < 1.29 is 184 Å². The van der Waals surface area contributed by atoms with Crippen molar-refractivity contribution in [3.8, 4) is 168 Å². The van der Waals surface area contributed by atoms with Crippen molar-refractivity contribution in [2.75, 3.05) is 0 Å². The first-order valence-corrected chi connectivity index (χ1v) is 39.2. The van der Waals surface area contributed by atoms with Gasteiger partial charge >= 0.3 is 0 Å². The third-order valence-electron chi connectivity index (χ3n) is 22.1. The highest BCUT2D eigenvalue weighted by Crippen LogP contribution is 2.56. The van der Waals surface area contributed by atoms with Crippen LogP contribution in [0, 0.1) is 244 Å². The molecule has 16 aromatic carbocycles. The molecule has 0 unspecified atom stereocenters. The van der Waals surface area contributed by atoms with E-state index in [-0.39, 0.29) is 0 Å². The van der Waals surface area contributed by atoms with E-state index in [1.165, 1.54) is 0 Å². The average molecular weight is 2060 g/mol. The lowest BCUT2D eigenvalue weighted by molar-refractivity contribution is 0.379. The zero-order valence-electron chi connectivity index (χ0n) is 68.8. The molecule has 45 heteroatoms. The van der Waals surface area contributed by atoms with Gasteiger partial charge in [-0.2, -0.15) is 0 Å². The van der Waals surface area contributed by atoms with E-state index in [2.05, 4.69) is 146 Å². The van der Waals surface area contributed by atoms with Crippen LogP contribution in [0.2, 0.25) is 0 Å². The molecule has 0 spiro atoms. The molecular weight excluding hydrogens is 2030 g/mol. The standard InChI is InChI=1S/C60F42.C39H27N3/c61-19-1(20(62)4(8-27(69)35(77)12(36(78)28(8)70)16-43(85)51(93)58(100)52(94)44(16)86)23(65)3(19)7-25(67)33(75)11(34(76)26(7)68)15-41(83)49(91)57(99)50(92)42(15)84)2-21(63)5(9-29(71)37(79)13(38(80)30(9)72)17-45(87)53(95)59(101)54(96)46(17)88)24(66)6(22(2)64)10-31(73)39(81)14(40(82)32(10)74)18-47(89)55(97)60(102)56(98)48(18)90;1-4-13-28(14-5-1)31-19-10-22-34(25-31)37-40-38(35-23-11-20-32(26-35)29-15-6-2-7-16-29)42-39(41-37)36-24-12-21-33(27-36)30-17-8-3-9-18-30/h;1-27H. The van der Waals surface area contributed by atoms with Crippen LogP contribution in [0.4, 0.5) is 184 Å². The zero-order valence-corrected chi connectivity index (χ0v) is 68.8. The van der Waals surface area contributed by atoms with Crippen LogP contribution < -0.4 is 0 Å². The van der Waals surface area contributed by atoms with Crippen molar-refractivity contribution in [1.29, 1.82) is 0 Å². The highest BCUT2D eigenvalue weighted by molar-refractivity contribution is 5.93. The Morgan fingerprint density at radius 1 is 0.0903 bits per heavy atom. The third-order valence-corrected chi connectivity index (χ3v) is 22.1. The van der Waals surface area contributed by atoms with E-state index in [4.69, 9.17) is 15.0 Å². The quantitative estimate of drug-likeness (QED) is 0.0583. The van der Waals surface area contributed by atoms with Crippen LogP contribution in [0.3, 0.4) is 0 Å². The molecule has 17 rings (SSSR count). The van der Waals surface area contributed by atoms with Gasteiger partial charge in [0.2, 0.25) is 23.3 Å². The SMILES string of the molecule is Fc1c(F)c(F)c(-c2c(F)c(F)c(-c3c(F)c(-c4c(F)c(F)c(-c5c(F)c(F)c(F)c(F)c5F)c(F)c4F)c(F)c(-c4c(F)c(-c5c(F)c(F)c(-c6c(F)c(F)c(F)c(F)c6F)c(F)c5F)c(F)c(-c5c(F)c(F)c(-c6c(F)c(F)c(F)c(F)c6F)c(F)c5F)c4F)c3F)c(F)c2F)c(F)c1F.c1ccc(-c2cccc(-c3nc(-c4cccc(-c5ccccc5)c4)nc(-c4cccc(-c5ccccc5)c4)n3)c2)cc1. The normalized spacial score (nSPS) is 11.5. The smallest absolute Gasteiger partial charge is 0.200 e. The highest BCUT2D eigenvalue weighted by atomic mass is 19.2. The third kappa shape index (κ3) is 16.0. The van der Waals surface area contributed by atoms with Gasteiger partial charge in [0.15, 0.2) is 204 Å². The van der Waals surface area contributed by atoms with Gasteiger partial charge in [-0.3, -0.25) is 0 Å². The molecule has 0 saturated carbocycles. The minimum atomic E-state index is -4.32. The summed E-state index contributed by atoms with van der Waals surface area (Å²) in [6, 6.07) is 56.3. The number of hydrogen-bond acceptors (Lipinski definition) is 3. The predicted octanol–water partition coefficient (Wildman–Crippen LogP) is 32.4. The second kappa shape index (κ2) is 37.9. The maximum absolute atomic E-state index is 17.8. The van der Waals surface area contributed by atoms with Crippen molar-refractivity contribution in [1.82, 2.24) is 15.0 Å². The molecule has 0 radical (unpaired) electrons. The van der Waals surface area contributed by atoms with E-state index in [9.17, 15) is 52.7 Å². The van der Waals surface area contributed by atoms with Crippen LogP contribution in [-0.2, 0) is 0 Å². The Balaban J connectivity index is 0.000000291. The van der Waals surface area contributed by atoms with E-state index in [0.29, 0.717) is 17.5 Å². The molecule has 0 aliphatic carbocycles. The minimum absolute atomic E-state index is 0.642. The van der Waals surface area contributed by atoms with Crippen molar-refractivity contribution in [3.05, 3.63) is 408 Å². The lowest BCUT2D eigenvalue weighted by Crippen LogP contribution is -2.15. The summed E-state index contributed by atoms with van der Waals surface area (Å²) >= 11 is 0. The predicted molar refractivity (Wildman–Crippen MR) is 426 cm³/mol. The topological polar surface area (TPSA) is 38.7 Å². The largest absolute Gasteiger partial charge is 0.208 e. The van der Waals surface area contributed by atoms with Crippen LogP contribution in [-0.4, -0.2) is 15.0 Å². The van der Waals surface area contributed by atoms with E-state index in [1.54, 1.807) is 0 Å². The molecule has 0 amide bonds. The molecule has 1 aromatic heterocycles. The van der Waals surface area contributed by atoms with Crippen LogP contribution >= 0.6 is 0 Å². The Kier molecular flexibility index (Phi) is 26.5. The lowest BCUT2D eigenvalue weighted by Gasteiger charge is -2.23. The Labute approximate surface area is 772 Å². The zero-order chi connectivity index (χ0) is 105. The van der Waals surface area contributed by atoms with Gasteiger partial charge in [0.25, 0.3) is 0 Å². The second-order valence-electron chi connectivity index (χ2n) is 30.1. The van der Waals surface area contributed by atoms with Gasteiger partial charge in [0, 0.05) is 16.7 Å². The molecule has 3 nitrogen and oxygen atoms in total. The fraction of sp³-hybridized carbons (Fsp3) is 0. The molecule has 732 valence electrons. The van der Waals surface area contributed by atoms with Gasteiger partial charge < -0.3 is 0 Å². The molecule has 0 atom stereocenters. The van der Waals surface area contributed by atoms with Gasteiger partial charge in [-0.25, -0.2) is 199 Å². The first-order valence-electron chi connectivity index (χ1n) is 39.2. The summed E-state index contributed by atoms with van der Waals surface area (Å²) in [5, 5.41) is 0. The van der Waals surface area contributed by atoms with Gasteiger partial charge in [0.05, 0.1) is 100 Å². The molecule has 0 N–H and O–H groups in total. The molecule has 0 fully saturated rings. The summed E-state index contributed by atoms with van der Waals surface area (Å²) in [7, 11) is 0. The summed E-state index contributed by atoms with van der Waals surface area (Å²) in [6.07, 6.45) is 0. The van der Waals surface area contributed by atoms with Crippen LogP contribution in [0.5, 0.6) is 0 Å². The Hall–Kier alpha value is -16.4. The van der Waals surface area contributed by atoms with E-state index in [0.717, 1.165) is 50.1 Å².